The summed E-state index contributed by atoms with van der Waals surface area (Å²) in [7, 11) is 0. The number of fused-ring (bicyclic) bond motifs is 1. The van der Waals surface area contributed by atoms with Gasteiger partial charge in [0.2, 0.25) is 0 Å². The van der Waals surface area contributed by atoms with Crippen LogP contribution in [-0.4, -0.2) is 25.5 Å². The van der Waals surface area contributed by atoms with Gasteiger partial charge in [0.05, 0.1) is 5.69 Å². The number of hydrogen-bond donors (Lipinski definition) is 1. The Bertz CT molecular complexity index is 503. The molecule has 84 valence electrons. The van der Waals surface area contributed by atoms with Crippen LogP contribution in [0.25, 0.3) is 5.65 Å². The molecule has 3 heterocycles. The van der Waals surface area contributed by atoms with E-state index in [1.54, 1.807) is 6.07 Å². The fourth-order valence-corrected chi connectivity index (χ4v) is 3.47. The fourth-order valence-electron chi connectivity index (χ4n) is 2.19. The van der Waals surface area contributed by atoms with Gasteiger partial charge in [0.1, 0.15) is 0 Å². The van der Waals surface area contributed by atoms with Gasteiger partial charge in [0.15, 0.2) is 11.4 Å². The predicted octanol–water partition coefficient (Wildman–Crippen LogP) is 2.48. The van der Waals surface area contributed by atoms with Gasteiger partial charge in [0.25, 0.3) is 0 Å². The molecule has 2 aromatic rings. The molecule has 2 aromatic heterocycles. The summed E-state index contributed by atoms with van der Waals surface area (Å²) in [5.41, 5.74) is 1.75. The van der Waals surface area contributed by atoms with Crippen LogP contribution in [0.2, 0.25) is 0 Å². The minimum Gasteiger partial charge on any atom is -0.504 e. The zero-order valence-corrected chi connectivity index (χ0v) is 9.78. The number of pyridine rings is 1. The van der Waals surface area contributed by atoms with Crippen molar-refractivity contribution in [1.29, 1.82) is 0 Å². The van der Waals surface area contributed by atoms with E-state index >= 15 is 0 Å². The Balaban J connectivity index is 1.90. The number of aromatic hydroxyl groups is 1. The highest BCUT2D eigenvalue weighted by molar-refractivity contribution is 8.00. The lowest BCUT2D eigenvalue weighted by Gasteiger charge is -2.03. The summed E-state index contributed by atoms with van der Waals surface area (Å²) in [6, 6.07) is 3.51. The van der Waals surface area contributed by atoms with E-state index in [9.17, 15) is 5.11 Å². The van der Waals surface area contributed by atoms with Crippen LogP contribution in [0.1, 0.15) is 18.5 Å². The highest BCUT2D eigenvalue weighted by Gasteiger charge is 2.17. The van der Waals surface area contributed by atoms with Crippen molar-refractivity contribution in [2.45, 2.75) is 24.5 Å². The third-order valence-corrected chi connectivity index (χ3v) is 4.37. The summed E-state index contributed by atoms with van der Waals surface area (Å²) in [5.74, 6) is 1.54. The molecule has 16 heavy (non-hydrogen) atoms. The van der Waals surface area contributed by atoms with Crippen molar-refractivity contribution in [2.24, 2.45) is 0 Å². The Labute approximate surface area is 98.5 Å². The summed E-state index contributed by atoms with van der Waals surface area (Å²) >= 11 is 2.04. The van der Waals surface area contributed by atoms with E-state index < -0.39 is 0 Å². The third-order valence-electron chi connectivity index (χ3n) is 2.97. The zero-order chi connectivity index (χ0) is 11.0. The number of rotatable bonds is 2. The highest BCUT2D eigenvalue weighted by Crippen LogP contribution is 2.29. The first-order valence-electron chi connectivity index (χ1n) is 5.60. The third kappa shape index (κ3) is 1.78. The van der Waals surface area contributed by atoms with E-state index in [-0.39, 0.29) is 5.75 Å². The maximum Gasteiger partial charge on any atom is 0.179 e. The molecule has 1 aliphatic rings. The van der Waals surface area contributed by atoms with Crippen molar-refractivity contribution >= 4 is 17.4 Å². The molecule has 0 amide bonds. The van der Waals surface area contributed by atoms with Crippen molar-refractivity contribution in [3.63, 3.8) is 0 Å². The molecule has 0 aromatic carbocycles. The maximum absolute atomic E-state index is 9.66. The van der Waals surface area contributed by atoms with Crippen LogP contribution in [0.15, 0.2) is 24.5 Å². The molecule has 1 fully saturated rings. The molecule has 0 bridgehead atoms. The van der Waals surface area contributed by atoms with Crippen LogP contribution in [0.3, 0.4) is 0 Å². The van der Waals surface area contributed by atoms with Crippen LogP contribution in [0, 0.1) is 0 Å². The van der Waals surface area contributed by atoms with Crippen molar-refractivity contribution in [1.82, 2.24) is 9.38 Å². The molecule has 0 radical (unpaired) electrons. The van der Waals surface area contributed by atoms with Crippen LogP contribution < -0.4 is 0 Å². The molecule has 0 aliphatic carbocycles. The van der Waals surface area contributed by atoms with Crippen molar-refractivity contribution in [3.05, 3.63) is 30.2 Å². The monoisotopic (exact) mass is 234 g/mol. The van der Waals surface area contributed by atoms with Gasteiger partial charge >= 0.3 is 0 Å². The fraction of sp³-hybridized carbons (Fsp3) is 0.417. The molecule has 3 nitrogen and oxygen atoms in total. The SMILES string of the molecule is Oc1cccn2cc(CC3CCCS3)nc12. The Morgan fingerprint density at radius 3 is 3.25 bits per heavy atom. The first-order valence-corrected chi connectivity index (χ1v) is 6.65. The highest BCUT2D eigenvalue weighted by atomic mass is 32.2. The summed E-state index contributed by atoms with van der Waals surface area (Å²) < 4.78 is 1.89. The van der Waals surface area contributed by atoms with Crippen LogP contribution >= 0.6 is 11.8 Å². The summed E-state index contributed by atoms with van der Waals surface area (Å²) in [6.07, 6.45) is 7.59. The molecule has 1 saturated heterocycles. The Morgan fingerprint density at radius 2 is 2.50 bits per heavy atom. The van der Waals surface area contributed by atoms with Gasteiger partial charge in [-0.05, 0) is 30.7 Å². The lowest BCUT2D eigenvalue weighted by Crippen LogP contribution is -2.01. The summed E-state index contributed by atoms with van der Waals surface area (Å²) in [4.78, 5) is 4.48. The van der Waals surface area contributed by atoms with Gasteiger partial charge in [-0.3, -0.25) is 0 Å². The molecular formula is C12H14N2OS. The molecule has 0 saturated carbocycles. The Kier molecular flexibility index (Phi) is 2.52. The topological polar surface area (TPSA) is 37.5 Å². The average molecular weight is 234 g/mol. The van der Waals surface area contributed by atoms with E-state index in [4.69, 9.17) is 0 Å². The Morgan fingerprint density at radius 1 is 1.56 bits per heavy atom. The molecule has 3 rings (SSSR count). The van der Waals surface area contributed by atoms with Crippen molar-refractivity contribution in [2.75, 3.05) is 5.75 Å². The van der Waals surface area contributed by atoms with Gasteiger partial charge in [-0.1, -0.05) is 0 Å². The quantitative estimate of drug-likeness (QED) is 0.867. The molecule has 1 atom stereocenters. The van der Waals surface area contributed by atoms with E-state index in [0.29, 0.717) is 10.9 Å². The number of aromatic nitrogens is 2. The summed E-state index contributed by atoms with van der Waals surface area (Å²) in [5, 5.41) is 10.4. The number of imidazole rings is 1. The molecule has 1 aliphatic heterocycles. The molecule has 4 heteroatoms. The van der Waals surface area contributed by atoms with Gasteiger partial charge in [-0.2, -0.15) is 11.8 Å². The van der Waals surface area contributed by atoms with E-state index in [1.807, 2.05) is 34.6 Å². The normalized spacial score (nSPS) is 20.6. The molecule has 1 N–H and O–H groups in total. The smallest absolute Gasteiger partial charge is 0.179 e. The molecule has 1 unspecified atom stereocenters. The van der Waals surface area contributed by atoms with Crippen molar-refractivity contribution < 1.29 is 5.11 Å². The second kappa shape index (κ2) is 4.01. The van der Waals surface area contributed by atoms with Gasteiger partial charge in [0, 0.05) is 24.1 Å². The van der Waals surface area contributed by atoms with E-state index in [0.717, 1.165) is 12.1 Å². The maximum atomic E-state index is 9.66. The first kappa shape index (κ1) is 10.0. The lowest BCUT2D eigenvalue weighted by molar-refractivity contribution is 0.477. The number of nitrogens with zero attached hydrogens (tertiary/aromatic N) is 2. The van der Waals surface area contributed by atoms with Crippen LogP contribution in [0.5, 0.6) is 5.75 Å². The zero-order valence-electron chi connectivity index (χ0n) is 8.97. The van der Waals surface area contributed by atoms with Gasteiger partial charge in [-0.25, -0.2) is 4.98 Å². The number of thioether (sulfide) groups is 1. The second-order valence-corrected chi connectivity index (χ2v) is 5.60. The van der Waals surface area contributed by atoms with E-state index in [2.05, 4.69) is 4.98 Å². The Hall–Kier alpha value is -1.16. The standard InChI is InChI=1S/C12H14N2OS/c15-11-4-1-5-14-8-9(13-12(11)14)7-10-3-2-6-16-10/h1,4-5,8,10,15H,2-3,6-7H2. The summed E-state index contributed by atoms with van der Waals surface area (Å²) in [6.45, 7) is 0. The van der Waals surface area contributed by atoms with Gasteiger partial charge in [-0.15, -0.1) is 0 Å². The number of hydrogen-bond acceptors (Lipinski definition) is 3. The van der Waals surface area contributed by atoms with E-state index in [1.165, 1.54) is 18.6 Å². The van der Waals surface area contributed by atoms with Crippen molar-refractivity contribution in [3.8, 4) is 5.75 Å². The first-order chi connectivity index (χ1) is 7.83. The minimum absolute atomic E-state index is 0.257. The lowest BCUT2D eigenvalue weighted by atomic mass is 10.2. The average Bonchev–Trinajstić information content (AvgIpc) is 2.88. The molecular weight excluding hydrogens is 220 g/mol. The van der Waals surface area contributed by atoms with Crippen LogP contribution in [-0.2, 0) is 6.42 Å². The largest absolute Gasteiger partial charge is 0.504 e. The second-order valence-electron chi connectivity index (χ2n) is 4.20. The predicted molar refractivity (Wildman–Crippen MR) is 66.0 cm³/mol. The molecule has 0 spiro atoms. The van der Waals surface area contributed by atoms with Gasteiger partial charge < -0.3 is 9.51 Å². The van der Waals surface area contributed by atoms with Crippen LogP contribution in [0.4, 0.5) is 0 Å². The minimum atomic E-state index is 0.257.